The van der Waals surface area contributed by atoms with Crippen molar-refractivity contribution in [3.05, 3.63) is 33.9 Å². The van der Waals surface area contributed by atoms with Crippen molar-refractivity contribution in [2.24, 2.45) is 0 Å². The Morgan fingerprint density at radius 2 is 2.08 bits per heavy atom. The maximum absolute atomic E-state index is 4.20. The molecular formula is C9H7IN2. The summed E-state index contributed by atoms with van der Waals surface area (Å²) in [7, 11) is 0. The van der Waals surface area contributed by atoms with Crippen molar-refractivity contribution < 1.29 is 0 Å². The summed E-state index contributed by atoms with van der Waals surface area (Å²) in [6, 6.07) is 2.08. The molecule has 0 bridgehead atoms. The van der Waals surface area contributed by atoms with Crippen LogP contribution in [0.4, 0.5) is 0 Å². The first-order valence-electron chi connectivity index (χ1n) is 3.63. The maximum Gasteiger partial charge on any atom is 0.102 e. The van der Waals surface area contributed by atoms with Crippen LogP contribution in [0.15, 0.2) is 24.7 Å². The Kier molecular flexibility index (Phi) is 1.96. The number of hydrogen-bond donors (Lipinski definition) is 0. The summed E-state index contributed by atoms with van der Waals surface area (Å²) < 4.78 is 1.02. The van der Waals surface area contributed by atoms with Crippen molar-refractivity contribution in [3.8, 4) is 0 Å². The molecule has 0 saturated carbocycles. The summed E-state index contributed by atoms with van der Waals surface area (Å²) in [5.74, 6) is 0. The fraction of sp³-hybridized carbons (Fsp3) is 0.111. The highest BCUT2D eigenvalue weighted by Gasteiger charge is 1.97. The van der Waals surface area contributed by atoms with Gasteiger partial charge in [0.25, 0.3) is 0 Å². The van der Waals surface area contributed by atoms with E-state index < -0.39 is 0 Å². The van der Waals surface area contributed by atoms with Gasteiger partial charge in [0.2, 0.25) is 0 Å². The van der Waals surface area contributed by atoms with Crippen LogP contribution in [0.25, 0.3) is 10.8 Å². The zero-order valence-electron chi connectivity index (χ0n) is 6.58. The standard InChI is InChI=1S/C9H7IN2/c1-6-3-11-4-7-5-12-9(10)2-8(6)7/h2-5H,1H3. The van der Waals surface area contributed by atoms with Crippen LogP contribution in [0, 0.1) is 10.6 Å². The van der Waals surface area contributed by atoms with Gasteiger partial charge in [-0.15, -0.1) is 0 Å². The minimum Gasteiger partial charge on any atom is -0.264 e. The topological polar surface area (TPSA) is 25.8 Å². The number of pyridine rings is 2. The highest BCUT2D eigenvalue weighted by atomic mass is 127. The lowest BCUT2D eigenvalue weighted by molar-refractivity contribution is 1.26. The van der Waals surface area contributed by atoms with Crippen LogP contribution in [0.5, 0.6) is 0 Å². The monoisotopic (exact) mass is 270 g/mol. The van der Waals surface area contributed by atoms with E-state index in [2.05, 4.69) is 45.5 Å². The predicted molar refractivity (Wildman–Crippen MR) is 57.0 cm³/mol. The van der Waals surface area contributed by atoms with Crippen LogP contribution in [0.2, 0.25) is 0 Å². The van der Waals surface area contributed by atoms with Gasteiger partial charge in [0.15, 0.2) is 0 Å². The molecule has 0 saturated heterocycles. The number of aryl methyl sites for hydroxylation is 1. The number of hydrogen-bond acceptors (Lipinski definition) is 2. The molecule has 12 heavy (non-hydrogen) atoms. The van der Waals surface area contributed by atoms with Crippen LogP contribution in [0.1, 0.15) is 5.56 Å². The van der Waals surface area contributed by atoms with Crippen molar-refractivity contribution in [1.82, 2.24) is 9.97 Å². The van der Waals surface area contributed by atoms with Crippen molar-refractivity contribution in [2.75, 3.05) is 0 Å². The molecule has 60 valence electrons. The number of aromatic nitrogens is 2. The van der Waals surface area contributed by atoms with Gasteiger partial charge in [-0.05, 0) is 46.5 Å². The number of nitrogens with zero attached hydrogens (tertiary/aromatic N) is 2. The molecule has 2 nitrogen and oxygen atoms in total. The van der Waals surface area contributed by atoms with Gasteiger partial charge in [-0.1, -0.05) is 0 Å². The zero-order chi connectivity index (χ0) is 8.55. The Hall–Kier alpha value is -0.710. The molecule has 2 aromatic heterocycles. The average molecular weight is 270 g/mol. The van der Waals surface area contributed by atoms with Crippen LogP contribution in [-0.2, 0) is 0 Å². The first-order chi connectivity index (χ1) is 5.77. The molecule has 0 aromatic carbocycles. The first kappa shape index (κ1) is 7.91. The molecule has 0 N–H and O–H groups in total. The fourth-order valence-electron chi connectivity index (χ4n) is 1.18. The van der Waals surface area contributed by atoms with E-state index in [1.54, 1.807) is 0 Å². The molecule has 2 aromatic rings. The van der Waals surface area contributed by atoms with Gasteiger partial charge in [-0.25, -0.2) is 4.98 Å². The van der Waals surface area contributed by atoms with Crippen molar-refractivity contribution in [3.63, 3.8) is 0 Å². The van der Waals surface area contributed by atoms with E-state index in [0.29, 0.717) is 0 Å². The Balaban J connectivity index is 2.88. The van der Waals surface area contributed by atoms with Gasteiger partial charge in [-0.2, -0.15) is 0 Å². The Labute approximate surface area is 84.2 Å². The van der Waals surface area contributed by atoms with E-state index in [1.165, 1.54) is 10.9 Å². The summed E-state index contributed by atoms with van der Waals surface area (Å²) in [5, 5.41) is 2.35. The maximum atomic E-state index is 4.20. The van der Waals surface area contributed by atoms with E-state index in [4.69, 9.17) is 0 Å². The SMILES string of the molecule is Cc1cncc2cnc(I)cc12. The molecule has 0 spiro atoms. The van der Waals surface area contributed by atoms with Crippen molar-refractivity contribution in [1.29, 1.82) is 0 Å². The molecule has 2 rings (SSSR count). The van der Waals surface area contributed by atoms with E-state index in [-0.39, 0.29) is 0 Å². The molecular weight excluding hydrogens is 263 g/mol. The summed E-state index contributed by atoms with van der Waals surface area (Å²) in [4.78, 5) is 8.29. The van der Waals surface area contributed by atoms with Gasteiger partial charge in [-0.3, -0.25) is 4.98 Å². The molecule has 0 aliphatic rings. The average Bonchev–Trinajstić information content (AvgIpc) is 2.07. The van der Waals surface area contributed by atoms with Crippen LogP contribution >= 0.6 is 22.6 Å². The number of fused-ring (bicyclic) bond motifs is 1. The number of rotatable bonds is 0. The quantitative estimate of drug-likeness (QED) is 0.543. The van der Waals surface area contributed by atoms with E-state index in [9.17, 15) is 0 Å². The van der Waals surface area contributed by atoms with E-state index in [1.807, 2.05) is 18.6 Å². The van der Waals surface area contributed by atoms with Crippen molar-refractivity contribution >= 4 is 33.4 Å². The third-order valence-electron chi connectivity index (χ3n) is 1.81. The van der Waals surface area contributed by atoms with Crippen LogP contribution in [-0.4, -0.2) is 9.97 Å². The number of halogens is 1. The summed E-state index contributed by atoms with van der Waals surface area (Å²) in [6.07, 6.45) is 5.57. The highest BCUT2D eigenvalue weighted by Crippen LogP contribution is 2.17. The molecule has 2 heterocycles. The Bertz CT molecular complexity index is 426. The lowest BCUT2D eigenvalue weighted by atomic mass is 10.1. The second-order valence-corrected chi connectivity index (χ2v) is 3.79. The van der Waals surface area contributed by atoms with Crippen LogP contribution < -0.4 is 0 Å². The van der Waals surface area contributed by atoms with Gasteiger partial charge in [0, 0.05) is 24.0 Å². The summed E-state index contributed by atoms with van der Waals surface area (Å²) in [5.41, 5.74) is 1.20. The lowest BCUT2D eigenvalue weighted by Crippen LogP contribution is -1.85. The molecule has 3 heteroatoms. The first-order valence-corrected chi connectivity index (χ1v) is 4.71. The third kappa shape index (κ3) is 1.29. The smallest absolute Gasteiger partial charge is 0.102 e. The molecule has 0 aliphatic carbocycles. The molecule has 0 radical (unpaired) electrons. The van der Waals surface area contributed by atoms with E-state index in [0.717, 1.165) is 9.09 Å². The third-order valence-corrected chi connectivity index (χ3v) is 2.40. The Morgan fingerprint density at radius 1 is 1.25 bits per heavy atom. The molecule has 0 unspecified atom stereocenters. The second kappa shape index (κ2) is 2.97. The Morgan fingerprint density at radius 3 is 2.92 bits per heavy atom. The minimum atomic E-state index is 1.02. The molecule has 0 fully saturated rings. The highest BCUT2D eigenvalue weighted by molar-refractivity contribution is 14.1. The summed E-state index contributed by atoms with van der Waals surface area (Å²) in [6.45, 7) is 2.06. The molecule has 0 amide bonds. The van der Waals surface area contributed by atoms with Gasteiger partial charge >= 0.3 is 0 Å². The fourth-order valence-corrected chi connectivity index (χ4v) is 1.63. The van der Waals surface area contributed by atoms with Gasteiger partial charge in [0.05, 0.1) is 0 Å². The molecule has 0 aliphatic heterocycles. The lowest BCUT2D eigenvalue weighted by Gasteiger charge is -1.99. The normalized spacial score (nSPS) is 10.5. The van der Waals surface area contributed by atoms with Crippen LogP contribution in [0.3, 0.4) is 0 Å². The van der Waals surface area contributed by atoms with Gasteiger partial charge in [0.1, 0.15) is 3.70 Å². The predicted octanol–water partition coefficient (Wildman–Crippen LogP) is 2.54. The minimum absolute atomic E-state index is 1.02. The largest absolute Gasteiger partial charge is 0.264 e. The summed E-state index contributed by atoms with van der Waals surface area (Å²) >= 11 is 2.21. The molecule has 0 atom stereocenters. The van der Waals surface area contributed by atoms with Gasteiger partial charge < -0.3 is 0 Å². The van der Waals surface area contributed by atoms with Crippen molar-refractivity contribution in [2.45, 2.75) is 6.92 Å². The second-order valence-electron chi connectivity index (χ2n) is 2.68. The zero-order valence-corrected chi connectivity index (χ0v) is 8.74. The van der Waals surface area contributed by atoms with E-state index >= 15 is 0 Å².